The van der Waals surface area contributed by atoms with Crippen molar-refractivity contribution in [1.82, 2.24) is 15.1 Å². The van der Waals surface area contributed by atoms with Crippen LogP contribution in [0.1, 0.15) is 11.1 Å². The molecule has 3 rings (SSSR count). The highest BCUT2D eigenvalue weighted by Crippen LogP contribution is 2.16. The summed E-state index contributed by atoms with van der Waals surface area (Å²) >= 11 is 0. The highest BCUT2D eigenvalue weighted by Gasteiger charge is 2.27. The van der Waals surface area contributed by atoms with Crippen LogP contribution in [0.15, 0.2) is 18.2 Å². The first-order valence-electron chi connectivity index (χ1n) is 8.09. The molecule has 2 aliphatic rings. The van der Waals surface area contributed by atoms with Gasteiger partial charge in [0.25, 0.3) is 0 Å². The van der Waals surface area contributed by atoms with Crippen molar-refractivity contribution in [1.29, 1.82) is 0 Å². The number of hydrogen-bond donors (Lipinski definition) is 1. The third kappa shape index (κ3) is 3.96. The van der Waals surface area contributed by atoms with Gasteiger partial charge in [0.2, 0.25) is 0 Å². The molecule has 2 fully saturated rings. The summed E-state index contributed by atoms with van der Waals surface area (Å²) < 4.78 is 5.91. The number of nitrogens with zero attached hydrogens (tertiary/aromatic N) is 2. The predicted octanol–water partition coefficient (Wildman–Crippen LogP) is 1.27. The van der Waals surface area contributed by atoms with Crippen LogP contribution in [0.2, 0.25) is 0 Å². The fraction of sp³-hybridized carbons (Fsp3) is 0.647. The van der Waals surface area contributed by atoms with E-state index in [1.165, 1.54) is 50.4 Å². The number of aryl methyl sites for hydroxylation is 2. The molecule has 0 spiro atoms. The lowest BCUT2D eigenvalue weighted by Gasteiger charge is -2.43. The van der Waals surface area contributed by atoms with Gasteiger partial charge >= 0.3 is 0 Å². The molecule has 1 aromatic rings. The molecular weight excluding hydrogens is 262 g/mol. The molecule has 116 valence electrons. The average molecular weight is 289 g/mol. The molecule has 0 aliphatic carbocycles. The van der Waals surface area contributed by atoms with E-state index in [2.05, 4.69) is 47.2 Å². The number of benzene rings is 1. The van der Waals surface area contributed by atoms with Crippen LogP contribution in [0.25, 0.3) is 0 Å². The molecule has 2 aliphatic heterocycles. The van der Waals surface area contributed by atoms with E-state index in [1.54, 1.807) is 0 Å². The molecule has 0 atom stereocenters. The van der Waals surface area contributed by atoms with Crippen molar-refractivity contribution in [3.8, 4) is 5.75 Å². The summed E-state index contributed by atoms with van der Waals surface area (Å²) in [6.45, 7) is 13.2. The molecular formula is C17H27N3O. The van der Waals surface area contributed by atoms with Crippen molar-refractivity contribution in [2.75, 3.05) is 52.4 Å². The van der Waals surface area contributed by atoms with E-state index in [1.807, 2.05) is 0 Å². The minimum atomic E-state index is 0.786. The van der Waals surface area contributed by atoms with Crippen LogP contribution in [-0.2, 0) is 0 Å². The number of nitrogens with one attached hydrogen (secondary N) is 1. The quantitative estimate of drug-likeness (QED) is 0.883. The van der Waals surface area contributed by atoms with Gasteiger partial charge in [-0.1, -0.05) is 6.07 Å². The fourth-order valence-corrected chi connectivity index (χ4v) is 3.19. The highest BCUT2D eigenvalue weighted by atomic mass is 16.5. The smallest absolute Gasteiger partial charge is 0.119 e. The zero-order valence-electron chi connectivity index (χ0n) is 13.3. The Bertz CT molecular complexity index is 445. The van der Waals surface area contributed by atoms with Gasteiger partial charge in [0.15, 0.2) is 0 Å². The largest absolute Gasteiger partial charge is 0.492 e. The van der Waals surface area contributed by atoms with Crippen LogP contribution >= 0.6 is 0 Å². The molecule has 0 bridgehead atoms. The first-order chi connectivity index (χ1) is 10.2. The first kappa shape index (κ1) is 14.8. The lowest BCUT2D eigenvalue weighted by molar-refractivity contribution is 0.0663. The molecule has 1 N–H and O–H groups in total. The van der Waals surface area contributed by atoms with E-state index in [-0.39, 0.29) is 0 Å². The molecule has 4 heteroatoms. The second-order valence-corrected chi connectivity index (χ2v) is 6.36. The molecule has 0 radical (unpaired) electrons. The molecule has 2 heterocycles. The van der Waals surface area contributed by atoms with Crippen molar-refractivity contribution < 1.29 is 4.74 Å². The van der Waals surface area contributed by atoms with E-state index >= 15 is 0 Å². The maximum atomic E-state index is 5.91. The molecule has 2 saturated heterocycles. The van der Waals surface area contributed by atoms with E-state index in [4.69, 9.17) is 4.74 Å². The first-order valence-corrected chi connectivity index (χ1v) is 8.09. The van der Waals surface area contributed by atoms with Crippen LogP contribution in [0.3, 0.4) is 0 Å². The van der Waals surface area contributed by atoms with E-state index in [0.29, 0.717) is 0 Å². The lowest BCUT2D eigenvalue weighted by atomic mass is 10.1. The Balaban J connectivity index is 1.38. The van der Waals surface area contributed by atoms with E-state index < -0.39 is 0 Å². The zero-order valence-corrected chi connectivity index (χ0v) is 13.3. The van der Waals surface area contributed by atoms with Gasteiger partial charge in [-0.3, -0.25) is 9.80 Å². The summed E-state index contributed by atoms with van der Waals surface area (Å²) in [5, 5.41) is 3.36. The summed E-state index contributed by atoms with van der Waals surface area (Å²) in [6.07, 6.45) is 0. The van der Waals surface area contributed by atoms with Crippen molar-refractivity contribution in [3.63, 3.8) is 0 Å². The normalized spacial score (nSPS) is 21.2. The summed E-state index contributed by atoms with van der Waals surface area (Å²) in [5.74, 6) is 1.01. The molecule has 1 aromatic carbocycles. The molecule has 0 unspecified atom stereocenters. The minimum absolute atomic E-state index is 0.786. The van der Waals surface area contributed by atoms with Crippen molar-refractivity contribution in [2.45, 2.75) is 19.9 Å². The Morgan fingerprint density at radius 2 is 1.71 bits per heavy atom. The van der Waals surface area contributed by atoms with Gasteiger partial charge in [0.05, 0.1) is 0 Å². The highest BCUT2D eigenvalue weighted by molar-refractivity contribution is 5.32. The maximum absolute atomic E-state index is 5.91. The number of hydrogen-bond acceptors (Lipinski definition) is 4. The van der Waals surface area contributed by atoms with Crippen molar-refractivity contribution in [3.05, 3.63) is 29.3 Å². The summed E-state index contributed by atoms with van der Waals surface area (Å²) in [4.78, 5) is 5.14. The van der Waals surface area contributed by atoms with E-state index in [9.17, 15) is 0 Å². The molecule has 0 aromatic heterocycles. The summed E-state index contributed by atoms with van der Waals surface area (Å²) in [7, 11) is 0. The second-order valence-electron chi connectivity index (χ2n) is 6.36. The average Bonchev–Trinajstić information content (AvgIpc) is 2.37. The minimum Gasteiger partial charge on any atom is -0.492 e. The third-order valence-corrected chi connectivity index (χ3v) is 4.55. The standard InChI is InChI=1S/C17H27N3O/c1-14-9-15(2)11-17(10-14)21-8-7-19-3-5-20(6-4-19)16-12-18-13-16/h9-11,16,18H,3-8,12-13H2,1-2H3. The Kier molecular flexibility index (Phi) is 4.78. The second kappa shape index (κ2) is 6.77. The summed E-state index contributed by atoms with van der Waals surface area (Å²) in [5.41, 5.74) is 2.54. The van der Waals surface area contributed by atoms with Gasteiger partial charge in [-0.25, -0.2) is 0 Å². The van der Waals surface area contributed by atoms with Crippen LogP contribution in [0.4, 0.5) is 0 Å². The molecule has 4 nitrogen and oxygen atoms in total. The van der Waals surface area contributed by atoms with E-state index in [0.717, 1.165) is 24.9 Å². The van der Waals surface area contributed by atoms with Crippen LogP contribution in [0, 0.1) is 13.8 Å². The van der Waals surface area contributed by atoms with Gasteiger partial charge in [-0.05, 0) is 37.1 Å². The Morgan fingerprint density at radius 3 is 2.29 bits per heavy atom. The molecule has 21 heavy (non-hydrogen) atoms. The topological polar surface area (TPSA) is 27.7 Å². The van der Waals surface area contributed by atoms with Gasteiger partial charge in [-0.2, -0.15) is 0 Å². The van der Waals surface area contributed by atoms with Crippen LogP contribution in [-0.4, -0.2) is 68.3 Å². The number of piperazine rings is 1. The zero-order chi connectivity index (χ0) is 14.7. The van der Waals surface area contributed by atoms with Gasteiger partial charge < -0.3 is 10.1 Å². The van der Waals surface area contributed by atoms with Gasteiger partial charge in [-0.15, -0.1) is 0 Å². The Hall–Kier alpha value is -1.10. The number of rotatable bonds is 5. The van der Waals surface area contributed by atoms with Crippen LogP contribution in [0.5, 0.6) is 5.75 Å². The third-order valence-electron chi connectivity index (χ3n) is 4.55. The SMILES string of the molecule is Cc1cc(C)cc(OCCN2CCN(C3CNC3)CC2)c1. The lowest BCUT2D eigenvalue weighted by Crippen LogP contribution is -2.61. The van der Waals surface area contributed by atoms with Crippen molar-refractivity contribution >= 4 is 0 Å². The van der Waals surface area contributed by atoms with Gasteiger partial charge in [0.1, 0.15) is 12.4 Å². The van der Waals surface area contributed by atoms with Crippen LogP contribution < -0.4 is 10.1 Å². The number of ether oxygens (including phenoxy) is 1. The Labute approximate surface area is 128 Å². The monoisotopic (exact) mass is 289 g/mol. The Morgan fingerprint density at radius 1 is 1.05 bits per heavy atom. The molecule has 0 saturated carbocycles. The predicted molar refractivity (Wildman–Crippen MR) is 86.1 cm³/mol. The van der Waals surface area contributed by atoms with Gasteiger partial charge in [0, 0.05) is 51.9 Å². The molecule has 0 amide bonds. The van der Waals surface area contributed by atoms with Crippen molar-refractivity contribution in [2.24, 2.45) is 0 Å². The fourth-order valence-electron chi connectivity index (χ4n) is 3.19. The summed E-state index contributed by atoms with van der Waals surface area (Å²) in [6, 6.07) is 7.21. The maximum Gasteiger partial charge on any atom is 0.119 e.